The first-order valence-electron chi connectivity index (χ1n) is 8.13. The Bertz CT molecular complexity index is 444. The van der Waals surface area contributed by atoms with E-state index in [9.17, 15) is 0 Å². The van der Waals surface area contributed by atoms with Crippen LogP contribution in [0.25, 0.3) is 0 Å². The number of fused-ring (bicyclic) bond motifs is 1. The van der Waals surface area contributed by atoms with Crippen molar-refractivity contribution in [3.8, 4) is 11.5 Å². The van der Waals surface area contributed by atoms with Gasteiger partial charge in [0.15, 0.2) is 11.5 Å². The van der Waals surface area contributed by atoms with Crippen molar-refractivity contribution >= 4 is 0 Å². The van der Waals surface area contributed by atoms with Crippen LogP contribution in [0.5, 0.6) is 11.5 Å². The quantitative estimate of drug-likeness (QED) is 0.818. The molecule has 4 heteroatoms. The molecular formula is C17H25NO3. The van der Waals surface area contributed by atoms with E-state index in [0.717, 1.165) is 50.8 Å². The monoisotopic (exact) mass is 291 g/mol. The molecule has 0 radical (unpaired) electrons. The Morgan fingerprint density at radius 1 is 1.05 bits per heavy atom. The van der Waals surface area contributed by atoms with E-state index >= 15 is 0 Å². The molecular weight excluding hydrogens is 266 g/mol. The Balaban J connectivity index is 1.39. The zero-order chi connectivity index (χ0) is 14.3. The molecule has 1 aliphatic carbocycles. The van der Waals surface area contributed by atoms with Gasteiger partial charge in [-0.2, -0.15) is 0 Å². The fourth-order valence-electron chi connectivity index (χ4n) is 2.90. The first-order valence-corrected chi connectivity index (χ1v) is 8.13. The van der Waals surface area contributed by atoms with E-state index < -0.39 is 0 Å². The number of hydrogen-bond donors (Lipinski definition) is 1. The van der Waals surface area contributed by atoms with Crippen LogP contribution >= 0.6 is 0 Å². The van der Waals surface area contributed by atoms with Gasteiger partial charge >= 0.3 is 0 Å². The van der Waals surface area contributed by atoms with E-state index in [-0.39, 0.29) is 0 Å². The molecule has 4 nitrogen and oxygen atoms in total. The lowest BCUT2D eigenvalue weighted by atomic mass is 10.2. The van der Waals surface area contributed by atoms with Crippen LogP contribution in [0.4, 0.5) is 0 Å². The second-order valence-electron chi connectivity index (χ2n) is 5.79. The van der Waals surface area contributed by atoms with Crippen molar-refractivity contribution in [2.45, 2.75) is 44.8 Å². The molecule has 3 rings (SSSR count). The molecule has 0 aromatic heterocycles. The Morgan fingerprint density at radius 3 is 2.71 bits per heavy atom. The summed E-state index contributed by atoms with van der Waals surface area (Å²) < 4.78 is 17.2. The van der Waals surface area contributed by atoms with Gasteiger partial charge in [0, 0.05) is 19.5 Å². The van der Waals surface area contributed by atoms with Gasteiger partial charge in [-0.05, 0) is 30.5 Å². The Morgan fingerprint density at radius 2 is 1.86 bits per heavy atom. The maximum Gasteiger partial charge on any atom is 0.161 e. The summed E-state index contributed by atoms with van der Waals surface area (Å²) in [5.41, 5.74) is 1.22. The molecule has 1 heterocycles. The molecule has 1 saturated carbocycles. The van der Waals surface area contributed by atoms with E-state index in [1.165, 1.54) is 31.2 Å². The van der Waals surface area contributed by atoms with Crippen molar-refractivity contribution in [2.75, 3.05) is 26.4 Å². The molecule has 1 aliphatic heterocycles. The van der Waals surface area contributed by atoms with E-state index in [4.69, 9.17) is 14.2 Å². The lowest BCUT2D eigenvalue weighted by Crippen LogP contribution is -2.21. The topological polar surface area (TPSA) is 39.7 Å². The van der Waals surface area contributed by atoms with Crippen molar-refractivity contribution in [1.29, 1.82) is 0 Å². The summed E-state index contributed by atoms with van der Waals surface area (Å²) in [7, 11) is 0. The summed E-state index contributed by atoms with van der Waals surface area (Å²) in [6.45, 7) is 4.01. The van der Waals surface area contributed by atoms with E-state index in [1.807, 2.05) is 6.07 Å². The smallest absolute Gasteiger partial charge is 0.161 e. The third kappa shape index (κ3) is 4.35. The predicted octanol–water partition coefficient (Wildman–Crippen LogP) is 2.90. The first-order chi connectivity index (χ1) is 10.4. The van der Waals surface area contributed by atoms with Crippen molar-refractivity contribution in [3.05, 3.63) is 23.8 Å². The highest BCUT2D eigenvalue weighted by atomic mass is 16.5. The number of nitrogens with one attached hydrogen (secondary N) is 1. The fourth-order valence-corrected chi connectivity index (χ4v) is 2.90. The van der Waals surface area contributed by atoms with Crippen LogP contribution in [0.1, 0.15) is 37.7 Å². The molecule has 0 spiro atoms. The lowest BCUT2D eigenvalue weighted by Gasteiger charge is -2.12. The number of rotatable bonds is 6. The zero-order valence-electron chi connectivity index (χ0n) is 12.6. The van der Waals surface area contributed by atoms with Crippen LogP contribution in [0.3, 0.4) is 0 Å². The number of ether oxygens (including phenoxy) is 3. The van der Waals surface area contributed by atoms with Gasteiger partial charge in [-0.1, -0.05) is 18.9 Å². The average Bonchev–Trinajstić information content (AvgIpc) is 2.91. The summed E-state index contributed by atoms with van der Waals surface area (Å²) in [5, 5.41) is 3.43. The van der Waals surface area contributed by atoms with Gasteiger partial charge in [0.2, 0.25) is 0 Å². The van der Waals surface area contributed by atoms with E-state index in [2.05, 4.69) is 17.4 Å². The van der Waals surface area contributed by atoms with Crippen LogP contribution in [0.15, 0.2) is 18.2 Å². The molecule has 0 amide bonds. The largest absolute Gasteiger partial charge is 0.490 e. The molecule has 116 valence electrons. The molecule has 1 fully saturated rings. The Kier molecular flexibility index (Phi) is 5.35. The van der Waals surface area contributed by atoms with Gasteiger partial charge in [-0.25, -0.2) is 0 Å². The minimum Gasteiger partial charge on any atom is -0.490 e. The maximum atomic E-state index is 5.84. The summed E-state index contributed by atoms with van der Waals surface area (Å²) in [6, 6.07) is 6.18. The Hall–Kier alpha value is -1.26. The SMILES string of the molecule is c1cc2c(cc1CNCCOC1CCCC1)OCCCO2. The molecule has 1 N–H and O–H groups in total. The van der Waals surface area contributed by atoms with Crippen LogP contribution in [-0.2, 0) is 11.3 Å². The minimum atomic E-state index is 0.504. The highest BCUT2D eigenvalue weighted by Gasteiger charge is 2.14. The molecule has 0 unspecified atom stereocenters. The molecule has 21 heavy (non-hydrogen) atoms. The number of hydrogen-bond acceptors (Lipinski definition) is 4. The van der Waals surface area contributed by atoms with Crippen molar-refractivity contribution in [1.82, 2.24) is 5.32 Å². The average molecular weight is 291 g/mol. The van der Waals surface area contributed by atoms with Crippen molar-refractivity contribution < 1.29 is 14.2 Å². The van der Waals surface area contributed by atoms with Crippen LogP contribution in [-0.4, -0.2) is 32.5 Å². The highest BCUT2D eigenvalue weighted by Crippen LogP contribution is 2.30. The molecule has 0 atom stereocenters. The van der Waals surface area contributed by atoms with Gasteiger partial charge in [0.05, 0.1) is 25.9 Å². The van der Waals surface area contributed by atoms with Gasteiger partial charge in [0.1, 0.15) is 0 Å². The normalized spacial score (nSPS) is 18.7. The first kappa shape index (κ1) is 14.7. The molecule has 0 bridgehead atoms. The van der Waals surface area contributed by atoms with Gasteiger partial charge in [0.25, 0.3) is 0 Å². The third-order valence-corrected chi connectivity index (χ3v) is 4.08. The molecule has 1 aromatic rings. The Labute approximate surface area is 126 Å². The van der Waals surface area contributed by atoms with Crippen LogP contribution in [0.2, 0.25) is 0 Å². The zero-order valence-corrected chi connectivity index (χ0v) is 12.6. The van der Waals surface area contributed by atoms with Crippen molar-refractivity contribution in [3.63, 3.8) is 0 Å². The summed E-state index contributed by atoms with van der Waals surface area (Å²) in [6.07, 6.45) is 6.58. The standard InChI is InChI=1S/C17H25NO3/c1-2-5-15(4-1)19-11-8-18-13-14-6-7-16-17(12-14)21-10-3-9-20-16/h6-7,12,15,18H,1-5,8-11,13H2. The maximum absolute atomic E-state index is 5.84. The van der Waals surface area contributed by atoms with Crippen LogP contribution < -0.4 is 14.8 Å². The second-order valence-corrected chi connectivity index (χ2v) is 5.79. The fraction of sp³-hybridized carbons (Fsp3) is 0.647. The van der Waals surface area contributed by atoms with Gasteiger partial charge in [-0.3, -0.25) is 0 Å². The molecule has 2 aliphatic rings. The number of benzene rings is 1. The molecule has 1 aromatic carbocycles. The van der Waals surface area contributed by atoms with E-state index in [1.54, 1.807) is 0 Å². The van der Waals surface area contributed by atoms with Gasteiger partial charge < -0.3 is 19.5 Å². The third-order valence-electron chi connectivity index (χ3n) is 4.08. The van der Waals surface area contributed by atoms with Crippen molar-refractivity contribution in [2.24, 2.45) is 0 Å². The summed E-state index contributed by atoms with van der Waals surface area (Å²) in [4.78, 5) is 0. The second kappa shape index (κ2) is 7.66. The predicted molar refractivity (Wildman–Crippen MR) is 82.0 cm³/mol. The van der Waals surface area contributed by atoms with Gasteiger partial charge in [-0.15, -0.1) is 0 Å². The van der Waals surface area contributed by atoms with E-state index in [0.29, 0.717) is 6.10 Å². The minimum absolute atomic E-state index is 0.504. The summed E-state index contributed by atoms with van der Waals surface area (Å²) >= 11 is 0. The van der Waals surface area contributed by atoms with Crippen LogP contribution in [0, 0.1) is 0 Å². The lowest BCUT2D eigenvalue weighted by molar-refractivity contribution is 0.0602. The highest BCUT2D eigenvalue weighted by molar-refractivity contribution is 5.43. The summed E-state index contributed by atoms with van der Waals surface area (Å²) in [5.74, 6) is 1.73. The molecule has 0 saturated heterocycles.